The summed E-state index contributed by atoms with van der Waals surface area (Å²) in [5, 5.41) is 22.8. The van der Waals surface area contributed by atoms with Crippen molar-refractivity contribution in [3.8, 4) is 0 Å². The molecule has 42 heavy (non-hydrogen) atoms. The Morgan fingerprint density at radius 2 is 1.74 bits per heavy atom. The Labute approximate surface area is 252 Å². The number of nitrogens with two attached hydrogens (primary N) is 1. The van der Waals surface area contributed by atoms with Crippen molar-refractivity contribution in [1.82, 2.24) is 5.32 Å². The van der Waals surface area contributed by atoms with Crippen LogP contribution in [-0.4, -0.2) is 80.8 Å². The number of nitrogens with one attached hydrogen (secondary N) is 1. The van der Waals surface area contributed by atoms with Crippen LogP contribution in [0.1, 0.15) is 19.4 Å². The van der Waals surface area contributed by atoms with E-state index in [1.54, 1.807) is 6.92 Å². The maximum atomic E-state index is 14.0. The van der Waals surface area contributed by atoms with Crippen molar-refractivity contribution in [3.05, 3.63) is 80.1 Å². The van der Waals surface area contributed by atoms with Gasteiger partial charge in [-0.25, -0.2) is 19.2 Å². The maximum absolute atomic E-state index is 14.0. The van der Waals surface area contributed by atoms with Crippen LogP contribution in [0.5, 0.6) is 0 Å². The van der Waals surface area contributed by atoms with Crippen molar-refractivity contribution in [2.75, 3.05) is 46.7 Å². The molecule has 1 aliphatic heterocycles. The summed E-state index contributed by atoms with van der Waals surface area (Å²) in [4.78, 5) is 52.4. The lowest BCUT2D eigenvalue weighted by Gasteiger charge is -2.42. The largest absolute Gasteiger partial charge is 0.478 e. The molecule has 14 heteroatoms. The molecule has 0 fully saturated rings. The number of esters is 2. The number of allylic oxidation sites excluding steroid dienone is 1. The summed E-state index contributed by atoms with van der Waals surface area (Å²) in [6.45, 7) is 6.83. The van der Waals surface area contributed by atoms with Crippen molar-refractivity contribution in [2.45, 2.75) is 19.3 Å². The van der Waals surface area contributed by atoms with Crippen LogP contribution in [0, 0.1) is 0 Å². The highest BCUT2D eigenvalue weighted by molar-refractivity contribution is 6.42. The van der Waals surface area contributed by atoms with Gasteiger partial charge in [0.05, 0.1) is 71.4 Å². The Morgan fingerprint density at radius 1 is 1.07 bits per heavy atom. The highest BCUT2D eigenvalue weighted by Gasteiger charge is 2.57. The molecule has 1 aromatic carbocycles. The fourth-order valence-corrected chi connectivity index (χ4v) is 4.89. The molecule has 2 rings (SSSR count). The van der Waals surface area contributed by atoms with Crippen LogP contribution < -0.4 is 11.1 Å². The highest BCUT2D eigenvalue weighted by atomic mass is 35.5. The molecule has 1 aromatic rings. The summed E-state index contributed by atoms with van der Waals surface area (Å²) in [7, 11) is 1.04. The summed E-state index contributed by atoms with van der Waals surface area (Å²) in [5.74, 6) is -5.68. The Bertz CT molecular complexity index is 1350. The van der Waals surface area contributed by atoms with Gasteiger partial charge in [-0.05, 0) is 31.1 Å². The summed E-state index contributed by atoms with van der Waals surface area (Å²) in [5.41, 5.74) is 1.27. The smallest absolute Gasteiger partial charge is 0.337 e. The standard InChI is InChI=1S/C28H32Cl2N2O10/c1-15(2)13-42-27(38)23-20(14-41-11-10-40-9-8-31)32-16(3)22(26(37)39-4)28(23,18(25(35)36)12-21(33)34)17-6-5-7-19(29)24(17)30/h5-7,12,32H,1,8-11,13-14,31H2,2-4H3,(H,33,34)(H,35,36)/b18-12+. The molecule has 0 spiro atoms. The zero-order valence-electron chi connectivity index (χ0n) is 23.3. The number of dihydropyridines is 1. The number of hydrogen-bond acceptors (Lipinski definition) is 10. The number of rotatable bonds is 15. The van der Waals surface area contributed by atoms with E-state index >= 15 is 0 Å². The Hall–Kier alpha value is -3.68. The number of hydrogen-bond donors (Lipinski definition) is 4. The highest BCUT2D eigenvalue weighted by Crippen LogP contribution is 2.53. The van der Waals surface area contributed by atoms with E-state index < -0.39 is 46.0 Å². The number of carboxylic acid groups (broad SMARTS) is 2. The second-order valence-electron chi connectivity index (χ2n) is 9.01. The van der Waals surface area contributed by atoms with Gasteiger partial charge in [0, 0.05) is 18.3 Å². The van der Waals surface area contributed by atoms with Crippen LogP contribution in [0.15, 0.2) is 64.5 Å². The van der Waals surface area contributed by atoms with Crippen molar-refractivity contribution < 1.29 is 48.3 Å². The lowest BCUT2D eigenvalue weighted by atomic mass is 9.61. The second kappa shape index (κ2) is 15.5. The van der Waals surface area contributed by atoms with Gasteiger partial charge in [0.1, 0.15) is 6.61 Å². The van der Waals surface area contributed by atoms with Gasteiger partial charge in [-0.1, -0.05) is 41.9 Å². The van der Waals surface area contributed by atoms with E-state index in [9.17, 15) is 29.4 Å². The van der Waals surface area contributed by atoms with Gasteiger partial charge in [-0.15, -0.1) is 0 Å². The van der Waals surface area contributed by atoms with Crippen LogP contribution in [0.4, 0.5) is 0 Å². The number of benzene rings is 1. The van der Waals surface area contributed by atoms with Crippen molar-refractivity contribution in [1.29, 1.82) is 0 Å². The lowest BCUT2D eigenvalue weighted by Crippen LogP contribution is -2.49. The summed E-state index contributed by atoms with van der Waals surface area (Å²) in [6.07, 6.45) is 0.367. The molecule has 1 heterocycles. The van der Waals surface area contributed by atoms with Crippen LogP contribution in [0.2, 0.25) is 10.0 Å². The van der Waals surface area contributed by atoms with E-state index in [2.05, 4.69) is 11.9 Å². The number of halogens is 2. The summed E-state index contributed by atoms with van der Waals surface area (Å²) >= 11 is 13.0. The van der Waals surface area contributed by atoms with Crippen molar-refractivity contribution in [2.24, 2.45) is 5.73 Å². The van der Waals surface area contributed by atoms with Gasteiger partial charge in [0.2, 0.25) is 0 Å². The first-order chi connectivity index (χ1) is 19.8. The molecule has 0 bridgehead atoms. The number of ether oxygens (including phenoxy) is 4. The third-order valence-electron chi connectivity index (χ3n) is 5.95. The predicted molar refractivity (Wildman–Crippen MR) is 153 cm³/mol. The molecule has 5 N–H and O–H groups in total. The average Bonchev–Trinajstić information content (AvgIpc) is 2.92. The monoisotopic (exact) mass is 626 g/mol. The minimum atomic E-state index is -2.52. The van der Waals surface area contributed by atoms with Gasteiger partial charge < -0.3 is 40.2 Å². The number of carbonyl (C=O) groups excluding carboxylic acids is 2. The Morgan fingerprint density at radius 3 is 2.31 bits per heavy atom. The number of aliphatic carboxylic acids is 2. The zero-order valence-corrected chi connectivity index (χ0v) is 24.8. The molecule has 1 aliphatic rings. The first kappa shape index (κ1) is 34.5. The summed E-state index contributed by atoms with van der Waals surface area (Å²) < 4.78 is 21.5. The van der Waals surface area contributed by atoms with E-state index in [0.717, 1.165) is 7.11 Å². The van der Waals surface area contributed by atoms with E-state index in [1.807, 2.05) is 0 Å². The molecule has 1 unspecified atom stereocenters. The quantitative estimate of drug-likeness (QED) is 0.0967. The molecule has 1 atom stereocenters. The van der Waals surface area contributed by atoms with Crippen LogP contribution >= 0.6 is 23.2 Å². The first-order valence-electron chi connectivity index (χ1n) is 12.4. The number of carboxylic acids is 2. The minimum absolute atomic E-state index is 0.0184. The molecule has 0 aliphatic carbocycles. The molecule has 12 nitrogen and oxygen atoms in total. The third kappa shape index (κ3) is 7.58. The van der Waals surface area contributed by atoms with Crippen molar-refractivity contribution >= 4 is 47.1 Å². The van der Waals surface area contributed by atoms with Crippen LogP contribution in [-0.2, 0) is 43.5 Å². The van der Waals surface area contributed by atoms with Gasteiger partial charge >= 0.3 is 23.9 Å². The minimum Gasteiger partial charge on any atom is -0.478 e. The number of methoxy groups -OCH3 is 1. The van der Waals surface area contributed by atoms with Gasteiger partial charge in [0.15, 0.2) is 0 Å². The Kier molecular flexibility index (Phi) is 12.8. The van der Waals surface area contributed by atoms with E-state index in [-0.39, 0.29) is 60.0 Å². The molecular formula is C28H32Cl2N2O10. The zero-order chi connectivity index (χ0) is 31.6. The van der Waals surface area contributed by atoms with Gasteiger partial charge in [-0.3, -0.25) is 0 Å². The SMILES string of the molecule is C=C(C)COC(=O)C1=C(COCCOCCN)NC(C)=C(C(=O)OC)C1(/C(=C/C(=O)O)C(=O)O)c1cccc(Cl)c1Cl. The lowest BCUT2D eigenvalue weighted by molar-refractivity contribution is -0.140. The maximum Gasteiger partial charge on any atom is 0.337 e. The van der Waals surface area contributed by atoms with E-state index in [4.69, 9.17) is 47.9 Å². The molecule has 0 saturated heterocycles. The average molecular weight is 627 g/mol. The predicted octanol–water partition coefficient (Wildman–Crippen LogP) is 2.74. The normalized spacial score (nSPS) is 17.0. The molecule has 228 valence electrons. The topological polar surface area (TPSA) is 184 Å². The van der Waals surface area contributed by atoms with E-state index in [0.29, 0.717) is 18.2 Å². The fourth-order valence-electron chi connectivity index (χ4n) is 4.45. The number of carbonyl (C=O) groups is 4. The van der Waals surface area contributed by atoms with Gasteiger partial charge in [0.25, 0.3) is 0 Å². The summed E-state index contributed by atoms with van der Waals surface area (Å²) in [6, 6.07) is 4.12. The fraction of sp³-hybridized carbons (Fsp3) is 0.357. The second-order valence-corrected chi connectivity index (χ2v) is 9.79. The molecule has 0 saturated carbocycles. The van der Waals surface area contributed by atoms with Crippen LogP contribution in [0.3, 0.4) is 0 Å². The Balaban J connectivity index is 3.13. The van der Waals surface area contributed by atoms with Gasteiger partial charge in [-0.2, -0.15) is 0 Å². The molecular weight excluding hydrogens is 595 g/mol. The van der Waals surface area contributed by atoms with Crippen molar-refractivity contribution in [3.63, 3.8) is 0 Å². The first-order valence-corrected chi connectivity index (χ1v) is 13.2. The molecule has 0 aromatic heterocycles. The van der Waals surface area contributed by atoms with E-state index in [1.165, 1.54) is 25.1 Å². The molecule has 0 radical (unpaired) electrons. The third-order valence-corrected chi connectivity index (χ3v) is 6.77. The van der Waals surface area contributed by atoms with Crippen LogP contribution in [0.25, 0.3) is 0 Å². The molecule has 0 amide bonds.